The molecule has 1 aromatic heterocycles. The lowest BCUT2D eigenvalue weighted by atomic mass is 10.4. The smallest absolute Gasteiger partial charge is 0.372 e. The third-order valence-corrected chi connectivity index (χ3v) is 5.05. The van der Waals surface area contributed by atoms with Crippen LogP contribution < -0.4 is 4.72 Å². The molecule has 0 atom stereocenters. The maximum Gasteiger partial charge on any atom is 0.411 e. The number of H-pyrrole nitrogens is 1. The predicted molar refractivity (Wildman–Crippen MR) is 82.6 cm³/mol. The molecule has 25 heavy (non-hydrogen) atoms. The molecule has 1 aliphatic rings. The van der Waals surface area contributed by atoms with E-state index in [9.17, 15) is 26.4 Å². The molecular weight excluding hydrogens is 363 g/mol. The van der Waals surface area contributed by atoms with E-state index in [2.05, 4.69) is 14.4 Å². The van der Waals surface area contributed by atoms with Crippen LogP contribution in [-0.4, -0.2) is 63.2 Å². The number of carbonyl (C=O) groups is 1. The van der Waals surface area contributed by atoms with Gasteiger partial charge in [-0.25, -0.2) is 13.1 Å². The Morgan fingerprint density at radius 1 is 1.32 bits per heavy atom. The summed E-state index contributed by atoms with van der Waals surface area (Å²) in [5.41, 5.74) is 0.191. The second-order valence-electron chi connectivity index (χ2n) is 5.67. The van der Waals surface area contributed by atoms with E-state index < -0.39 is 22.8 Å². The number of amides is 1. The van der Waals surface area contributed by atoms with Crippen LogP contribution in [0.3, 0.4) is 0 Å². The fourth-order valence-electron chi connectivity index (χ4n) is 2.40. The maximum absolute atomic E-state index is 12.2. The van der Waals surface area contributed by atoms with E-state index in [1.54, 1.807) is 4.90 Å². The van der Waals surface area contributed by atoms with Gasteiger partial charge in [-0.05, 0) is 25.3 Å². The minimum absolute atomic E-state index is 0.0687. The van der Waals surface area contributed by atoms with E-state index in [1.807, 2.05) is 0 Å². The molecular formula is C14H20F3N3O4S. The fourth-order valence-corrected chi connectivity index (χ4v) is 3.46. The first kappa shape index (κ1) is 19.7. The monoisotopic (exact) mass is 383 g/mol. The number of likely N-dealkylation sites (tertiary alicyclic amines) is 1. The van der Waals surface area contributed by atoms with Gasteiger partial charge >= 0.3 is 6.18 Å². The zero-order valence-corrected chi connectivity index (χ0v) is 14.3. The van der Waals surface area contributed by atoms with Crippen molar-refractivity contribution in [1.82, 2.24) is 14.6 Å². The molecule has 0 unspecified atom stereocenters. The molecule has 0 radical (unpaired) electrons. The van der Waals surface area contributed by atoms with Gasteiger partial charge in [0.25, 0.3) is 5.91 Å². The second-order valence-corrected chi connectivity index (χ2v) is 7.43. The minimum Gasteiger partial charge on any atom is -0.372 e. The van der Waals surface area contributed by atoms with E-state index >= 15 is 0 Å². The molecule has 11 heteroatoms. The molecule has 0 aromatic carbocycles. The van der Waals surface area contributed by atoms with Crippen molar-refractivity contribution < 1.29 is 31.1 Å². The molecule has 1 amide bonds. The van der Waals surface area contributed by atoms with Gasteiger partial charge in [-0.15, -0.1) is 0 Å². The highest BCUT2D eigenvalue weighted by Gasteiger charge is 2.27. The Bertz CT molecular complexity index is 682. The highest BCUT2D eigenvalue weighted by Crippen LogP contribution is 2.16. The molecule has 2 rings (SSSR count). The average Bonchev–Trinajstić information content (AvgIpc) is 3.20. The number of ether oxygens (including phenoxy) is 1. The van der Waals surface area contributed by atoms with E-state index in [0.717, 1.165) is 12.8 Å². The predicted octanol–water partition coefficient (Wildman–Crippen LogP) is 1.50. The third kappa shape index (κ3) is 6.01. The van der Waals surface area contributed by atoms with Crippen LogP contribution in [0.2, 0.25) is 0 Å². The van der Waals surface area contributed by atoms with Crippen LogP contribution in [0.1, 0.15) is 29.8 Å². The largest absolute Gasteiger partial charge is 0.411 e. The van der Waals surface area contributed by atoms with Crippen LogP contribution in [0, 0.1) is 0 Å². The molecule has 142 valence electrons. The van der Waals surface area contributed by atoms with E-state index in [0.29, 0.717) is 13.1 Å². The number of nitrogens with one attached hydrogen (secondary N) is 2. The lowest BCUT2D eigenvalue weighted by molar-refractivity contribution is -0.173. The average molecular weight is 383 g/mol. The summed E-state index contributed by atoms with van der Waals surface area (Å²) < 4.78 is 66.5. The lowest BCUT2D eigenvalue weighted by Crippen LogP contribution is -2.28. The van der Waals surface area contributed by atoms with Gasteiger partial charge in [0.1, 0.15) is 17.2 Å². The van der Waals surface area contributed by atoms with Crippen LogP contribution in [0.15, 0.2) is 17.2 Å². The summed E-state index contributed by atoms with van der Waals surface area (Å²) in [5, 5.41) is 0. The Labute approximate surface area is 143 Å². The van der Waals surface area contributed by atoms with Crippen LogP contribution in [-0.2, 0) is 14.8 Å². The van der Waals surface area contributed by atoms with Crippen molar-refractivity contribution >= 4 is 15.9 Å². The normalized spacial score (nSPS) is 15.7. The first-order valence-electron chi connectivity index (χ1n) is 7.81. The Morgan fingerprint density at radius 3 is 2.64 bits per heavy atom. The fraction of sp³-hybridized carbons (Fsp3) is 0.643. The van der Waals surface area contributed by atoms with Gasteiger partial charge < -0.3 is 14.6 Å². The number of aromatic nitrogens is 1. The quantitative estimate of drug-likeness (QED) is 0.666. The number of carbonyl (C=O) groups excluding carboxylic acids is 1. The van der Waals surface area contributed by atoms with Gasteiger partial charge in [0, 0.05) is 32.4 Å². The number of hydrogen-bond acceptors (Lipinski definition) is 4. The Morgan fingerprint density at radius 2 is 2.00 bits per heavy atom. The summed E-state index contributed by atoms with van der Waals surface area (Å²) >= 11 is 0. The van der Waals surface area contributed by atoms with Gasteiger partial charge in [-0.1, -0.05) is 0 Å². The van der Waals surface area contributed by atoms with Crippen molar-refractivity contribution in [2.75, 3.05) is 32.8 Å². The number of sulfonamides is 1. The number of halogens is 3. The Kier molecular flexibility index (Phi) is 6.47. The maximum atomic E-state index is 12.2. The zero-order valence-electron chi connectivity index (χ0n) is 13.4. The Balaban J connectivity index is 1.80. The summed E-state index contributed by atoms with van der Waals surface area (Å²) in [4.78, 5) is 16.4. The van der Waals surface area contributed by atoms with Gasteiger partial charge in [0.05, 0.1) is 0 Å². The van der Waals surface area contributed by atoms with Crippen molar-refractivity contribution in [3.05, 3.63) is 18.0 Å². The van der Waals surface area contributed by atoms with Crippen LogP contribution in [0.25, 0.3) is 0 Å². The van der Waals surface area contributed by atoms with Crippen molar-refractivity contribution in [1.29, 1.82) is 0 Å². The van der Waals surface area contributed by atoms with E-state index in [1.165, 1.54) is 12.3 Å². The van der Waals surface area contributed by atoms with E-state index in [4.69, 9.17) is 0 Å². The molecule has 2 heterocycles. The Hall–Kier alpha value is -1.59. The number of alkyl halides is 3. The SMILES string of the molecule is O=C(c1cc(S(=O)(=O)NCCCOCC(F)(F)F)c[nH]1)N1CCCC1. The first-order chi connectivity index (χ1) is 11.7. The number of rotatable bonds is 8. The first-order valence-corrected chi connectivity index (χ1v) is 9.29. The van der Waals surface area contributed by atoms with Crippen LogP contribution >= 0.6 is 0 Å². The van der Waals surface area contributed by atoms with Gasteiger partial charge in [0.2, 0.25) is 10.0 Å². The molecule has 0 aliphatic carbocycles. The summed E-state index contributed by atoms with van der Waals surface area (Å²) in [5.74, 6) is -0.250. The summed E-state index contributed by atoms with van der Waals surface area (Å²) in [6, 6.07) is 1.25. The number of aromatic amines is 1. The molecule has 2 N–H and O–H groups in total. The summed E-state index contributed by atoms with van der Waals surface area (Å²) in [7, 11) is -3.84. The van der Waals surface area contributed by atoms with Crippen molar-refractivity contribution in [2.45, 2.75) is 30.3 Å². The van der Waals surface area contributed by atoms with Crippen molar-refractivity contribution in [3.63, 3.8) is 0 Å². The van der Waals surface area contributed by atoms with Crippen molar-refractivity contribution in [3.8, 4) is 0 Å². The third-order valence-electron chi connectivity index (χ3n) is 3.61. The molecule has 0 bridgehead atoms. The molecule has 1 aromatic rings. The van der Waals surface area contributed by atoms with E-state index in [-0.39, 0.29) is 36.1 Å². The minimum atomic E-state index is -4.40. The lowest BCUT2D eigenvalue weighted by Gasteiger charge is -2.13. The highest BCUT2D eigenvalue weighted by molar-refractivity contribution is 7.89. The van der Waals surface area contributed by atoms with Crippen molar-refractivity contribution in [2.24, 2.45) is 0 Å². The molecule has 0 spiro atoms. The van der Waals surface area contributed by atoms with Gasteiger partial charge in [-0.2, -0.15) is 13.2 Å². The standard InChI is InChI=1S/C14H20F3N3O4S/c15-14(16,17)10-24-7-3-4-19-25(22,23)11-8-12(18-9-11)13(21)20-5-1-2-6-20/h8-9,18-19H,1-7,10H2. The molecule has 7 nitrogen and oxygen atoms in total. The summed E-state index contributed by atoms with van der Waals surface area (Å²) in [6.45, 7) is -0.347. The van der Waals surface area contributed by atoms with Gasteiger partial charge in [0.15, 0.2) is 0 Å². The molecule has 1 aliphatic heterocycles. The highest BCUT2D eigenvalue weighted by atomic mass is 32.2. The molecule has 0 saturated carbocycles. The topological polar surface area (TPSA) is 91.5 Å². The van der Waals surface area contributed by atoms with Crippen LogP contribution in [0.4, 0.5) is 13.2 Å². The second kappa shape index (κ2) is 8.19. The molecule has 1 fully saturated rings. The molecule has 1 saturated heterocycles. The van der Waals surface area contributed by atoms with Gasteiger partial charge in [-0.3, -0.25) is 4.79 Å². The number of hydrogen-bond donors (Lipinski definition) is 2. The zero-order chi connectivity index (χ0) is 18.5. The van der Waals surface area contributed by atoms with Crippen LogP contribution in [0.5, 0.6) is 0 Å². The number of nitrogens with zero attached hydrogens (tertiary/aromatic N) is 1. The summed E-state index contributed by atoms with van der Waals surface area (Å²) in [6.07, 6.45) is -1.24.